The van der Waals surface area contributed by atoms with Crippen molar-refractivity contribution in [3.63, 3.8) is 0 Å². The Morgan fingerprint density at radius 3 is 2.40 bits per heavy atom. The van der Waals surface area contributed by atoms with Gasteiger partial charge in [-0.1, -0.05) is 41.4 Å². The Hall–Kier alpha value is -1.71. The second-order valence-corrected chi connectivity index (χ2v) is 5.11. The van der Waals surface area contributed by atoms with Crippen LogP contribution in [0.25, 0.3) is 0 Å². The summed E-state index contributed by atoms with van der Waals surface area (Å²) in [5.41, 5.74) is 2.29. The molecule has 2 aromatic carbocycles. The van der Waals surface area contributed by atoms with Crippen molar-refractivity contribution in [1.82, 2.24) is 0 Å². The first-order valence-corrected chi connectivity index (χ1v) is 6.87. The normalized spacial score (nSPS) is 10.2. The summed E-state index contributed by atoms with van der Waals surface area (Å²) in [6.07, 6.45) is 0. The predicted molar refractivity (Wildman–Crippen MR) is 84.8 cm³/mol. The number of anilines is 2. The zero-order valence-corrected chi connectivity index (χ0v) is 12.4. The van der Waals surface area contributed by atoms with E-state index in [2.05, 4.69) is 10.6 Å². The van der Waals surface area contributed by atoms with Gasteiger partial charge in [0.15, 0.2) is 0 Å². The second-order valence-electron chi connectivity index (χ2n) is 4.29. The van der Waals surface area contributed by atoms with Gasteiger partial charge < -0.3 is 10.6 Å². The van der Waals surface area contributed by atoms with Crippen LogP contribution in [0.15, 0.2) is 42.5 Å². The topological polar surface area (TPSA) is 41.1 Å². The number of rotatable bonds is 4. The fourth-order valence-corrected chi connectivity index (χ4v) is 2.09. The van der Waals surface area contributed by atoms with Crippen LogP contribution in [0.3, 0.4) is 0 Å². The van der Waals surface area contributed by atoms with Gasteiger partial charge in [-0.25, -0.2) is 0 Å². The fraction of sp³-hybridized carbons (Fsp3) is 0.133. The van der Waals surface area contributed by atoms with Crippen LogP contribution in [0.2, 0.25) is 10.0 Å². The van der Waals surface area contributed by atoms with Crippen molar-refractivity contribution in [3.05, 3.63) is 58.1 Å². The maximum absolute atomic E-state index is 11.9. The predicted octanol–water partition coefficient (Wildman–Crippen LogP) is 4.35. The van der Waals surface area contributed by atoms with Gasteiger partial charge in [-0.05, 0) is 36.8 Å². The van der Waals surface area contributed by atoms with Crippen molar-refractivity contribution in [3.8, 4) is 0 Å². The lowest BCUT2D eigenvalue weighted by Gasteiger charge is -2.11. The van der Waals surface area contributed by atoms with Gasteiger partial charge >= 0.3 is 0 Å². The molecule has 0 aliphatic rings. The summed E-state index contributed by atoms with van der Waals surface area (Å²) in [7, 11) is 0. The highest BCUT2D eigenvalue weighted by Crippen LogP contribution is 2.23. The fourth-order valence-electron chi connectivity index (χ4n) is 1.72. The monoisotopic (exact) mass is 308 g/mol. The van der Waals surface area contributed by atoms with Gasteiger partial charge in [0, 0.05) is 10.7 Å². The van der Waals surface area contributed by atoms with Gasteiger partial charge in [0.1, 0.15) is 0 Å². The van der Waals surface area contributed by atoms with Crippen molar-refractivity contribution in [2.45, 2.75) is 6.92 Å². The summed E-state index contributed by atoms with van der Waals surface area (Å²) in [6.45, 7) is 2.00. The number of para-hydroxylation sites is 1. The molecule has 0 saturated heterocycles. The summed E-state index contributed by atoms with van der Waals surface area (Å²) in [6, 6.07) is 12.7. The molecule has 104 valence electrons. The van der Waals surface area contributed by atoms with Crippen molar-refractivity contribution in [2.75, 3.05) is 17.2 Å². The van der Waals surface area contributed by atoms with E-state index in [0.29, 0.717) is 15.7 Å². The third kappa shape index (κ3) is 3.65. The van der Waals surface area contributed by atoms with E-state index in [4.69, 9.17) is 23.2 Å². The maximum atomic E-state index is 11.9. The molecule has 0 bridgehead atoms. The van der Waals surface area contributed by atoms with E-state index >= 15 is 0 Å². The molecule has 2 N–H and O–H groups in total. The molecule has 1 amide bonds. The standard InChI is InChI=1S/C15H14Cl2N2O/c1-10-11(16)6-4-8-13(10)19-15(20)9-18-14-7-3-2-5-12(14)17/h2-8,18H,9H2,1H3,(H,19,20). The number of amides is 1. The lowest BCUT2D eigenvalue weighted by Crippen LogP contribution is -2.22. The molecule has 0 saturated carbocycles. The molecule has 5 heteroatoms. The van der Waals surface area contributed by atoms with Crippen LogP contribution in [-0.2, 0) is 4.79 Å². The Bertz CT molecular complexity index is 629. The molecular formula is C15H14Cl2N2O. The van der Waals surface area contributed by atoms with E-state index in [-0.39, 0.29) is 12.5 Å². The number of hydrogen-bond donors (Lipinski definition) is 2. The number of carbonyl (C=O) groups excluding carboxylic acids is 1. The van der Waals surface area contributed by atoms with Crippen molar-refractivity contribution in [2.24, 2.45) is 0 Å². The van der Waals surface area contributed by atoms with Gasteiger partial charge in [0.2, 0.25) is 5.91 Å². The molecule has 0 aliphatic heterocycles. The zero-order chi connectivity index (χ0) is 14.5. The lowest BCUT2D eigenvalue weighted by atomic mass is 10.2. The number of halogens is 2. The molecular weight excluding hydrogens is 295 g/mol. The second kappa shape index (κ2) is 6.64. The Balaban J connectivity index is 1.96. The molecule has 20 heavy (non-hydrogen) atoms. The summed E-state index contributed by atoms with van der Waals surface area (Å²) >= 11 is 12.0. The average Bonchev–Trinajstić information content (AvgIpc) is 2.43. The van der Waals surface area contributed by atoms with E-state index in [1.807, 2.05) is 31.2 Å². The molecule has 0 atom stereocenters. The largest absolute Gasteiger partial charge is 0.375 e. The minimum absolute atomic E-state index is 0.135. The Kier molecular flexibility index (Phi) is 4.88. The Morgan fingerprint density at radius 2 is 1.65 bits per heavy atom. The highest BCUT2D eigenvalue weighted by Gasteiger charge is 2.07. The quantitative estimate of drug-likeness (QED) is 0.881. The highest BCUT2D eigenvalue weighted by molar-refractivity contribution is 6.33. The van der Waals surface area contributed by atoms with E-state index in [0.717, 1.165) is 11.3 Å². The number of benzene rings is 2. The first kappa shape index (κ1) is 14.7. The summed E-state index contributed by atoms with van der Waals surface area (Å²) < 4.78 is 0. The van der Waals surface area contributed by atoms with Crippen LogP contribution in [0, 0.1) is 6.92 Å². The van der Waals surface area contributed by atoms with E-state index in [9.17, 15) is 4.79 Å². The summed E-state index contributed by atoms with van der Waals surface area (Å²) in [5, 5.41) is 7.01. The third-order valence-corrected chi connectivity index (χ3v) is 3.59. The van der Waals surface area contributed by atoms with E-state index < -0.39 is 0 Å². The molecule has 0 radical (unpaired) electrons. The first-order valence-electron chi connectivity index (χ1n) is 6.11. The number of carbonyl (C=O) groups is 1. The molecule has 0 spiro atoms. The maximum Gasteiger partial charge on any atom is 0.243 e. The molecule has 0 heterocycles. The zero-order valence-electron chi connectivity index (χ0n) is 10.9. The molecule has 0 unspecified atom stereocenters. The Morgan fingerprint density at radius 1 is 1.00 bits per heavy atom. The SMILES string of the molecule is Cc1c(Cl)cccc1NC(=O)CNc1ccccc1Cl. The first-order chi connectivity index (χ1) is 9.58. The van der Waals surface area contributed by atoms with Crippen LogP contribution < -0.4 is 10.6 Å². The van der Waals surface area contributed by atoms with Crippen LogP contribution >= 0.6 is 23.2 Å². The highest BCUT2D eigenvalue weighted by atomic mass is 35.5. The number of hydrogen-bond acceptors (Lipinski definition) is 2. The molecule has 2 rings (SSSR count). The summed E-state index contributed by atoms with van der Waals surface area (Å²) in [5.74, 6) is -0.157. The third-order valence-electron chi connectivity index (χ3n) is 2.86. The van der Waals surface area contributed by atoms with Crippen molar-refractivity contribution >= 4 is 40.5 Å². The van der Waals surface area contributed by atoms with Crippen molar-refractivity contribution in [1.29, 1.82) is 0 Å². The minimum Gasteiger partial charge on any atom is -0.375 e. The minimum atomic E-state index is -0.157. The molecule has 0 fully saturated rings. The van der Waals surface area contributed by atoms with Crippen molar-refractivity contribution < 1.29 is 4.79 Å². The lowest BCUT2D eigenvalue weighted by molar-refractivity contribution is -0.114. The van der Waals surface area contributed by atoms with Crippen LogP contribution in [0.1, 0.15) is 5.56 Å². The number of nitrogens with one attached hydrogen (secondary N) is 2. The molecule has 2 aromatic rings. The van der Waals surface area contributed by atoms with Gasteiger partial charge in [-0.3, -0.25) is 4.79 Å². The molecule has 0 aromatic heterocycles. The molecule has 3 nitrogen and oxygen atoms in total. The Labute approximate surface area is 127 Å². The van der Waals surface area contributed by atoms with Gasteiger partial charge in [0.05, 0.1) is 17.3 Å². The average molecular weight is 309 g/mol. The molecule has 0 aliphatic carbocycles. The van der Waals surface area contributed by atoms with Crippen LogP contribution in [0.4, 0.5) is 11.4 Å². The van der Waals surface area contributed by atoms with Crippen LogP contribution in [0.5, 0.6) is 0 Å². The van der Waals surface area contributed by atoms with E-state index in [1.165, 1.54) is 0 Å². The van der Waals surface area contributed by atoms with Crippen LogP contribution in [-0.4, -0.2) is 12.5 Å². The van der Waals surface area contributed by atoms with Gasteiger partial charge in [-0.15, -0.1) is 0 Å². The summed E-state index contributed by atoms with van der Waals surface area (Å²) in [4.78, 5) is 11.9. The van der Waals surface area contributed by atoms with E-state index in [1.54, 1.807) is 18.2 Å². The van der Waals surface area contributed by atoms with Gasteiger partial charge in [-0.2, -0.15) is 0 Å². The van der Waals surface area contributed by atoms with Gasteiger partial charge in [0.25, 0.3) is 0 Å². The smallest absolute Gasteiger partial charge is 0.243 e.